The zero-order valence-electron chi connectivity index (χ0n) is 11.8. The summed E-state index contributed by atoms with van der Waals surface area (Å²) >= 11 is 3.50. The lowest BCUT2D eigenvalue weighted by molar-refractivity contribution is -0.498. The fourth-order valence-electron chi connectivity index (χ4n) is 3.33. The third kappa shape index (κ3) is 2.79. The van der Waals surface area contributed by atoms with Crippen molar-refractivity contribution in [2.45, 2.75) is 31.3 Å². The summed E-state index contributed by atoms with van der Waals surface area (Å²) in [4.78, 5) is 4.99. The van der Waals surface area contributed by atoms with E-state index in [1.165, 1.54) is 5.56 Å². The number of halogens is 1. The van der Waals surface area contributed by atoms with Gasteiger partial charge in [0, 0.05) is 23.1 Å². The van der Waals surface area contributed by atoms with Gasteiger partial charge in [-0.25, -0.2) is 4.84 Å². The summed E-state index contributed by atoms with van der Waals surface area (Å²) in [5.74, 6) is 0. The number of benzene rings is 1. The zero-order chi connectivity index (χ0) is 15.0. The standard InChI is InChI=1S/C15H18BrNO4/c1-10(21-17(18)19)13-9-15(4-6-20-7-5-15)14-3-2-11(16)8-12(13)14/h2-3,8-10,18-19H,4-7H2,1H3. The minimum absolute atomic E-state index is 0.0308. The molecule has 0 aromatic heterocycles. The third-order valence-electron chi connectivity index (χ3n) is 4.34. The first kappa shape index (κ1) is 15.1. The number of hydrogen-bond acceptors (Lipinski definition) is 5. The molecule has 0 saturated carbocycles. The Balaban J connectivity index is 2.03. The Morgan fingerprint density at radius 1 is 1.33 bits per heavy atom. The molecule has 0 bridgehead atoms. The van der Waals surface area contributed by atoms with Crippen molar-refractivity contribution in [3.8, 4) is 0 Å². The monoisotopic (exact) mass is 355 g/mol. The van der Waals surface area contributed by atoms with E-state index in [2.05, 4.69) is 34.1 Å². The summed E-state index contributed by atoms with van der Waals surface area (Å²) in [6, 6.07) is 6.24. The summed E-state index contributed by atoms with van der Waals surface area (Å²) < 4.78 is 6.49. The highest BCUT2D eigenvalue weighted by Crippen LogP contribution is 2.48. The van der Waals surface area contributed by atoms with E-state index >= 15 is 0 Å². The van der Waals surface area contributed by atoms with Crippen LogP contribution in [0.1, 0.15) is 30.9 Å². The SMILES string of the molecule is CC(ON(O)O)C1=CC2(CCOCC2)c2ccc(Br)cc21. The molecule has 1 spiro atoms. The van der Waals surface area contributed by atoms with E-state index in [1.807, 2.05) is 6.07 Å². The molecule has 2 aliphatic rings. The lowest BCUT2D eigenvalue weighted by atomic mass is 9.76. The Hall–Kier alpha value is -0.760. The van der Waals surface area contributed by atoms with Gasteiger partial charge in [0.2, 0.25) is 0 Å². The largest absolute Gasteiger partial charge is 0.381 e. The van der Waals surface area contributed by atoms with Gasteiger partial charge in [-0.3, -0.25) is 10.4 Å². The predicted molar refractivity (Wildman–Crippen MR) is 79.8 cm³/mol. The lowest BCUT2D eigenvalue weighted by Gasteiger charge is -2.33. The molecule has 1 atom stereocenters. The molecule has 1 heterocycles. The van der Waals surface area contributed by atoms with Crippen molar-refractivity contribution in [3.63, 3.8) is 0 Å². The maximum absolute atomic E-state index is 8.90. The molecule has 1 aromatic rings. The van der Waals surface area contributed by atoms with Gasteiger partial charge in [0.25, 0.3) is 0 Å². The summed E-state index contributed by atoms with van der Waals surface area (Å²) in [5.41, 5.74) is 3.31. The average Bonchev–Trinajstić information content (AvgIpc) is 2.73. The molecule has 3 rings (SSSR count). The first-order valence-electron chi connectivity index (χ1n) is 6.97. The van der Waals surface area contributed by atoms with Crippen LogP contribution >= 0.6 is 15.9 Å². The van der Waals surface area contributed by atoms with Gasteiger partial charge in [-0.15, -0.1) is 0 Å². The fourth-order valence-corrected chi connectivity index (χ4v) is 3.69. The number of nitrogens with zero attached hydrogens (tertiary/aromatic N) is 1. The van der Waals surface area contributed by atoms with Gasteiger partial charge in [-0.05, 0) is 48.6 Å². The highest BCUT2D eigenvalue weighted by molar-refractivity contribution is 9.10. The van der Waals surface area contributed by atoms with Crippen LogP contribution in [0, 0.1) is 0 Å². The Kier molecular flexibility index (Phi) is 4.18. The first-order valence-corrected chi connectivity index (χ1v) is 7.77. The number of allylic oxidation sites excluding steroid dienone is 1. The molecule has 6 heteroatoms. The Labute approximate surface area is 131 Å². The van der Waals surface area contributed by atoms with Crippen LogP contribution in [0.3, 0.4) is 0 Å². The number of ether oxygens (including phenoxy) is 1. The van der Waals surface area contributed by atoms with Crippen molar-refractivity contribution in [1.82, 2.24) is 5.39 Å². The Morgan fingerprint density at radius 2 is 2.05 bits per heavy atom. The third-order valence-corrected chi connectivity index (χ3v) is 4.83. The minimum atomic E-state index is -0.449. The van der Waals surface area contributed by atoms with E-state index in [9.17, 15) is 0 Å². The first-order chi connectivity index (χ1) is 10.0. The molecule has 1 saturated heterocycles. The Bertz CT molecular complexity index is 567. The van der Waals surface area contributed by atoms with Crippen LogP contribution in [0.15, 0.2) is 28.7 Å². The fraction of sp³-hybridized carbons (Fsp3) is 0.467. The van der Waals surface area contributed by atoms with Crippen LogP contribution in [0.2, 0.25) is 0 Å². The molecular formula is C15H18BrNO4. The van der Waals surface area contributed by atoms with E-state index in [-0.39, 0.29) is 10.8 Å². The second-order valence-corrected chi connectivity index (χ2v) is 6.47. The normalized spacial score (nSPS) is 21.5. The van der Waals surface area contributed by atoms with Gasteiger partial charge in [0.15, 0.2) is 0 Å². The molecule has 2 N–H and O–H groups in total. The van der Waals surface area contributed by atoms with Crippen LogP contribution in [0.5, 0.6) is 0 Å². The molecule has 21 heavy (non-hydrogen) atoms. The highest BCUT2D eigenvalue weighted by atomic mass is 79.9. The van der Waals surface area contributed by atoms with Crippen molar-refractivity contribution >= 4 is 21.5 Å². The summed E-state index contributed by atoms with van der Waals surface area (Å²) in [7, 11) is 0. The van der Waals surface area contributed by atoms with Crippen molar-refractivity contribution in [1.29, 1.82) is 0 Å². The van der Waals surface area contributed by atoms with Crippen molar-refractivity contribution < 1.29 is 20.0 Å². The number of rotatable bonds is 3. The van der Waals surface area contributed by atoms with Crippen molar-refractivity contribution in [2.24, 2.45) is 0 Å². The Morgan fingerprint density at radius 3 is 2.71 bits per heavy atom. The summed E-state index contributed by atoms with van der Waals surface area (Å²) in [5, 5.41) is 17.6. The van der Waals surface area contributed by atoms with Gasteiger partial charge >= 0.3 is 0 Å². The van der Waals surface area contributed by atoms with E-state index in [0.717, 1.165) is 41.7 Å². The van der Waals surface area contributed by atoms with Crippen LogP contribution in [0.25, 0.3) is 5.57 Å². The molecule has 5 nitrogen and oxygen atoms in total. The predicted octanol–water partition coefficient (Wildman–Crippen LogP) is 3.29. The number of hydrogen-bond donors (Lipinski definition) is 2. The minimum Gasteiger partial charge on any atom is -0.381 e. The van der Waals surface area contributed by atoms with E-state index in [0.29, 0.717) is 0 Å². The van der Waals surface area contributed by atoms with Crippen molar-refractivity contribution in [3.05, 3.63) is 39.9 Å². The van der Waals surface area contributed by atoms with Crippen LogP contribution in [-0.2, 0) is 15.0 Å². The second-order valence-electron chi connectivity index (χ2n) is 5.56. The van der Waals surface area contributed by atoms with E-state index in [1.54, 1.807) is 6.92 Å². The van der Waals surface area contributed by atoms with Gasteiger partial charge in [0.05, 0.1) is 5.39 Å². The maximum atomic E-state index is 8.90. The molecule has 0 radical (unpaired) electrons. The summed E-state index contributed by atoms with van der Waals surface area (Å²) in [6.45, 7) is 3.27. The van der Waals surface area contributed by atoms with E-state index < -0.39 is 6.10 Å². The van der Waals surface area contributed by atoms with Crippen LogP contribution < -0.4 is 0 Å². The number of fused-ring (bicyclic) bond motifs is 2. The summed E-state index contributed by atoms with van der Waals surface area (Å²) in [6.07, 6.45) is 3.62. The van der Waals surface area contributed by atoms with Crippen LogP contribution in [0.4, 0.5) is 0 Å². The van der Waals surface area contributed by atoms with Gasteiger partial charge in [-0.2, -0.15) is 0 Å². The van der Waals surface area contributed by atoms with Crippen LogP contribution in [-0.4, -0.2) is 35.1 Å². The maximum Gasteiger partial charge on any atom is 0.107 e. The second kappa shape index (κ2) is 5.79. The molecule has 114 valence electrons. The highest BCUT2D eigenvalue weighted by Gasteiger charge is 2.41. The molecule has 1 unspecified atom stereocenters. The molecule has 1 aromatic carbocycles. The molecule has 0 amide bonds. The zero-order valence-corrected chi connectivity index (χ0v) is 13.3. The molecular weight excluding hydrogens is 338 g/mol. The van der Waals surface area contributed by atoms with E-state index in [4.69, 9.17) is 20.0 Å². The smallest absolute Gasteiger partial charge is 0.107 e. The van der Waals surface area contributed by atoms with Gasteiger partial charge in [0.1, 0.15) is 6.10 Å². The molecule has 1 fully saturated rings. The molecule has 1 aliphatic carbocycles. The molecule has 1 aliphatic heterocycles. The lowest BCUT2D eigenvalue weighted by Crippen LogP contribution is -2.30. The average molecular weight is 356 g/mol. The quantitative estimate of drug-likeness (QED) is 0.814. The van der Waals surface area contributed by atoms with Gasteiger partial charge < -0.3 is 4.74 Å². The van der Waals surface area contributed by atoms with Gasteiger partial charge in [-0.1, -0.05) is 28.1 Å². The van der Waals surface area contributed by atoms with Crippen molar-refractivity contribution in [2.75, 3.05) is 13.2 Å². The topological polar surface area (TPSA) is 62.2 Å².